The van der Waals surface area contributed by atoms with E-state index in [4.69, 9.17) is 16.4 Å². The highest BCUT2D eigenvalue weighted by Crippen LogP contribution is 2.28. The highest BCUT2D eigenvalue weighted by Gasteiger charge is 2.19. The zero-order valence-electron chi connectivity index (χ0n) is 12.9. The van der Waals surface area contributed by atoms with Crippen LogP contribution in [-0.2, 0) is 9.84 Å². The zero-order valence-corrected chi connectivity index (χ0v) is 14.5. The van der Waals surface area contributed by atoms with Crippen LogP contribution in [0.25, 0.3) is 10.2 Å². The average Bonchev–Trinajstić information content (AvgIpc) is 2.97. The van der Waals surface area contributed by atoms with Crippen LogP contribution in [0.4, 0.5) is 5.69 Å². The topological polar surface area (TPSA) is 145 Å². The maximum atomic E-state index is 12.2. The molecule has 2 aromatic rings. The van der Waals surface area contributed by atoms with E-state index in [1.165, 1.54) is 0 Å². The fraction of sp³-hybridized carbons (Fsp3) is 0.286. The number of benzene rings is 1. The number of nitrogens with one attached hydrogen (secondary N) is 2. The van der Waals surface area contributed by atoms with Crippen LogP contribution in [0, 0.1) is 16.7 Å². The monoisotopic (exact) mass is 364 g/mol. The van der Waals surface area contributed by atoms with Crippen LogP contribution in [-0.4, -0.2) is 30.7 Å². The Morgan fingerprint density at radius 2 is 2.29 bits per heavy atom. The molecule has 2 rings (SSSR count). The molecule has 4 N–H and O–H groups in total. The molecule has 0 unspecified atom stereocenters. The summed E-state index contributed by atoms with van der Waals surface area (Å²) < 4.78 is 25.2. The van der Waals surface area contributed by atoms with E-state index in [0.29, 0.717) is 22.3 Å². The molecule has 0 aliphatic carbocycles. The lowest BCUT2D eigenvalue weighted by atomic mass is 10.3. The summed E-state index contributed by atoms with van der Waals surface area (Å²) in [6.07, 6.45) is 1.40. The van der Waals surface area contributed by atoms with E-state index in [1.807, 2.05) is 6.92 Å². The number of nitrogens with zero attached hydrogens (tertiary/aromatic N) is 3. The molecular weight excluding hydrogens is 348 g/mol. The van der Waals surface area contributed by atoms with Crippen molar-refractivity contribution in [2.24, 2.45) is 10.8 Å². The quantitative estimate of drug-likeness (QED) is 0.389. The van der Waals surface area contributed by atoms with Gasteiger partial charge in [-0.05, 0) is 24.6 Å². The van der Waals surface area contributed by atoms with Gasteiger partial charge in [-0.1, -0.05) is 13.3 Å². The first kappa shape index (κ1) is 17.8. The number of unbranched alkanes of at least 4 members (excludes halogenated alkanes) is 1. The van der Waals surface area contributed by atoms with Crippen LogP contribution >= 0.6 is 11.3 Å². The highest BCUT2D eigenvalue weighted by atomic mass is 32.2. The number of nitrogens with two attached hydrogens (primary N) is 1. The van der Waals surface area contributed by atoms with Gasteiger partial charge in [0.25, 0.3) is 0 Å². The van der Waals surface area contributed by atoms with Gasteiger partial charge in [0, 0.05) is 0 Å². The van der Waals surface area contributed by atoms with Gasteiger partial charge in [0.15, 0.2) is 5.84 Å². The van der Waals surface area contributed by atoms with Crippen LogP contribution < -0.4 is 11.2 Å². The first-order chi connectivity index (χ1) is 11.4. The number of amidine groups is 1. The van der Waals surface area contributed by atoms with Crippen molar-refractivity contribution < 1.29 is 8.42 Å². The number of fused-ring (bicyclic) bond motifs is 1. The Hall–Kier alpha value is -2.51. The Labute approximate surface area is 143 Å². The maximum Gasteiger partial charge on any atom is 0.210 e. The molecule has 1 heterocycles. The van der Waals surface area contributed by atoms with Crippen molar-refractivity contribution in [2.75, 3.05) is 11.2 Å². The summed E-state index contributed by atoms with van der Waals surface area (Å²) in [5.74, 6) is -0.351. The van der Waals surface area contributed by atoms with Crippen molar-refractivity contribution >= 4 is 48.6 Å². The van der Waals surface area contributed by atoms with E-state index in [1.54, 1.807) is 24.3 Å². The molecular formula is C14H16N6O2S2. The number of nitriles is 1. The number of rotatable bonds is 7. The molecule has 24 heavy (non-hydrogen) atoms. The minimum absolute atomic E-state index is 0.0862. The number of aromatic nitrogens is 1. The fourth-order valence-corrected chi connectivity index (χ4v) is 4.64. The molecule has 0 saturated heterocycles. The number of sulfone groups is 1. The van der Waals surface area contributed by atoms with Gasteiger partial charge in [0.2, 0.25) is 19.9 Å². The molecule has 0 fully saturated rings. The lowest BCUT2D eigenvalue weighted by Crippen LogP contribution is -2.21. The van der Waals surface area contributed by atoms with Gasteiger partial charge in [-0.25, -0.2) is 13.4 Å². The molecule has 1 aromatic heterocycles. The minimum Gasteiger partial charge on any atom is -0.382 e. The fourth-order valence-electron chi connectivity index (χ4n) is 1.79. The SMILES string of the molecule is CCCCS(=O)(=O)c1nc2ccc(N/N=C(\C#N)C(=N)N)cc2s1. The Morgan fingerprint density at radius 3 is 2.92 bits per heavy atom. The van der Waals surface area contributed by atoms with Crippen molar-refractivity contribution in [2.45, 2.75) is 24.1 Å². The lowest BCUT2D eigenvalue weighted by Gasteiger charge is -2.00. The average molecular weight is 364 g/mol. The van der Waals surface area contributed by atoms with E-state index in [2.05, 4.69) is 15.5 Å². The maximum absolute atomic E-state index is 12.2. The molecule has 0 amide bonds. The second kappa shape index (κ2) is 7.37. The largest absolute Gasteiger partial charge is 0.382 e. The molecule has 126 valence electrons. The van der Waals surface area contributed by atoms with Crippen LogP contribution in [0.1, 0.15) is 19.8 Å². The van der Waals surface area contributed by atoms with Crippen molar-refractivity contribution in [1.29, 1.82) is 10.7 Å². The first-order valence-corrected chi connectivity index (χ1v) is 9.55. The Morgan fingerprint density at radius 1 is 1.54 bits per heavy atom. The summed E-state index contributed by atoms with van der Waals surface area (Å²) in [5, 5.41) is 19.7. The normalized spacial score (nSPS) is 12.1. The summed E-state index contributed by atoms with van der Waals surface area (Å²) in [4.78, 5) is 4.18. The van der Waals surface area contributed by atoms with Crippen molar-refractivity contribution in [3.05, 3.63) is 18.2 Å². The lowest BCUT2D eigenvalue weighted by molar-refractivity contribution is 0.592. The summed E-state index contributed by atoms with van der Waals surface area (Å²) >= 11 is 1.10. The highest BCUT2D eigenvalue weighted by molar-refractivity contribution is 7.93. The molecule has 1 aromatic carbocycles. The van der Waals surface area contributed by atoms with Gasteiger partial charge >= 0.3 is 0 Å². The number of anilines is 1. The minimum atomic E-state index is -3.37. The Kier molecular flexibility index (Phi) is 5.48. The van der Waals surface area contributed by atoms with Gasteiger partial charge in [-0.2, -0.15) is 10.4 Å². The van der Waals surface area contributed by atoms with Crippen molar-refractivity contribution in [3.63, 3.8) is 0 Å². The summed E-state index contributed by atoms with van der Waals surface area (Å²) in [6.45, 7) is 1.93. The summed E-state index contributed by atoms with van der Waals surface area (Å²) in [6, 6.07) is 6.71. The van der Waals surface area contributed by atoms with Crippen molar-refractivity contribution in [1.82, 2.24) is 4.98 Å². The number of thiazole rings is 1. The number of hydrogen-bond donors (Lipinski definition) is 3. The third-order valence-corrected chi connectivity index (χ3v) is 6.33. The van der Waals surface area contributed by atoms with Gasteiger partial charge in [-0.15, -0.1) is 11.3 Å². The molecule has 0 saturated carbocycles. The third kappa shape index (κ3) is 4.06. The van der Waals surface area contributed by atoms with E-state index in [-0.39, 0.29) is 15.8 Å². The number of hydrazone groups is 1. The van der Waals surface area contributed by atoms with E-state index < -0.39 is 15.7 Å². The molecule has 0 bridgehead atoms. The zero-order chi connectivity index (χ0) is 17.7. The number of hydrogen-bond acceptors (Lipinski definition) is 8. The van der Waals surface area contributed by atoms with E-state index in [0.717, 1.165) is 17.8 Å². The molecule has 0 radical (unpaired) electrons. The van der Waals surface area contributed by atoms with E-state index in [9.17, 15) is 8.42 Å². The van der Waals surface area contributed by atoms with Crippen LogP contribution in [0.3, 0.4) is 0 Å². The third-order valence-electron chi connectivity index (χ3n) is 3.06. The van der Waals surface area contributed by atoms with Crippen LogP contribution in [0.15, 0.2) is 27.6 Å². The van der Waals surface area contributed by atoms with Crippen LogP contribution in [0.2, 0.25) is 0 Å². The molecule has 0 aliphatic rings. The van der Waals surface area contributed by atoms with Gasteiger partial charge < -0.3 is 5.73 Å². The Bertz CT molecular complexity index is 940. The molecule has 8 nitrogen and oxygen atoms in total. The van der Waals surface area contributed by atoms with Gasteiger partial charge in [0.05, 0.1) is 21.7 Å². The second-order valence-electron chi connectivity index (χ2n) is 4.93. The first-order valence-electron chi connectivity index (χ1n) is 7.09. The smallest absolute Gasteiger partial charge is 0.210 e. The van der Waals surface area contributed by atoms with Gasteiger partial charge in [-0.3, -0.25) is 10.8 Å². The summed E-state index contributed by atoms with van der Waals surface area (Å²) in [7, 11) is -3.37. The predicted molar refractivity (Wildman–Crippen MR) is 95.2 cm³/mol. The molecule has 0 spiro atoms. The molecule has 0 aliphatic heterocycles. The second-order valence-corrected chi connectivity index (χ2v) is 8.25. The van der Waals surface area contributed by atoms with E-state index >= 15 is 0 Å². The van der Waals surface area contributed by atoms with Gasteiger partial charge in [0.1, 0.15) is 6.07 Å². The Balaban J connectivity index is 2.29. The molecule has 10 heteroatoms. The standard InChI is InChI=1S/C14H16N6O2S2/c1-2-3-6-24(21,22)14-18-10-5-4-9(7-12(10)23-14)19-20-11(8-15)13(16)17/h4-5,7,19H,2-3,6H2,1H3,(H3,16,17)/b20-11+. The molecule has 0 atom stereocenters. The van der Waals surface area contributed by atoms with Crippen LogP contribution in [0.5, 0.6) is 0 Å². The van der Waals surface area contributed by atoms with Crippen molar-refractivity contribution in [3.8, 4) is 6.07 Å². The summed E-state index contributed by atoms with van der Waals surface area (Å²) in [5.41, 5.74) is 8.72. The predicted octanol–water partition coefficient (Wildman–Crippen LogP) is 2.10.